The lowest BCUT2D eigenvalue weighted by atomic mass is 10.0. The van der Waals surface area contributed by atoms with Crippen LogP contribution in [0.3, 0.4) is 0 Å². The molecular weight excluding hydrogens is 386 g/mol. The monoisotopic (exact) mass is 407 g/mol. The Hall–Kier alpha value is -2.93. The van der Waals surface area contributed by atoms with Gasteiger partial charge < -0.3 is 14.8 Å². The van der Waals surface area contributed by atoms with Gasteiger partial charge in [-0.25, -0.2) is 4.68 Å². The van der Waals surface area contributed by atoms with Crippen LogP contribution in [-0.2, 0) is 11.2 Å². The fourth-order valence-electron chi connectivity index (χ4n) is 3.78. The van der Waals surface area contributed by atoms with Gasteiger partial charge >= 0.3 is 0 Å². The van der Waals surface area contributed by atoms with Crippen LogP contribution in [0.5, 0.6) is 11.5 Å². The van der Waals surface area contributed by atoms with E-state index in [1.807, 2.05) is 41.9 Å². The molecule has 1 unspecified atom stereocenters. The van der Waals surface area contributed by atoms with Crippen molar-refractivity contribution in [3.8, 4) is 17.2 Å². The summed E-state index contributed by atoms with van der Waals surface area (Å²) in [7, 11) is 0. The minimum Gasteiger partial charge on any atom is -0.454 e. The molecule has 1 N–H and O–H groups in total. The number of anilines is 1. The number of nitrogens with zero attached hydrogens (tertiary/aromatic N) is 2. The minimum absolute atomic E-state index is 0.0224. The predicted octanol–water partition coefficient (Wildman–Crippen LogP) is 4.25. The minimum atomic E-state index is -0.0258. The number of benzene rings is 2. The first kappa shape index (κ1) is 18.1. The van der Waals surface area contributed by atoms with Crippen molar-refractivity contribution in [3.05, 3.63) is 64.8 Å². The van der Waals surface area contributed by atoms with E-state index in [2.05, 4.69) is 24.4 Å². The Morgan fingerprint density at radius 1 is 1.17 bits per heavy atom. The standard InChI is InChI=1S/C22H21N3O3S/c1-3-14-4-7-16(8-5-14)25-22-20(13(2)24-25)21(29-11-19(26)23-22)15-6-9-17-18(10-15)28-12-27-17/h4-10,21H,3,11-12H2,1-2H3,(H,23,26). The number of nitrogens with one attached hydrogen (secondary N) is 1. The number of ether oxygens (including phenoxy) is 2. The molecule has 0 aliphatic carbocycles. The van der Waals surface area contributed by atoms with Crippen molar-refractivity contribution in [2.75, 3.05) is 17.9 Å². The number of carbonyl (C=O) groups excluding carboxylic acids is 1. The molecule has 148 valence electrons. The summed E-state index contributed by atoms with van der Waals surface area (Å²) in [6.45, 7) is 4.37. The average molecular weight is 407 g/mol. The van der Waals surface area contributed by atoms with Gasteiger partial charge in [-0.05, 0) is 48.7 Å². The highest BCUT2D eigenvalue weighted by Gasteiger charge is 2.31. The Kier molecular flexibility index (Phi) is 4.47. The molecule has 0 radical (unpaired) electrons. The summed E-state index contributed by atoms with van der Waals surface area (Å²) in [5, 5.41) is 7.82. The van der Waals surface area contributed by atoms with E-state index >= 15 is 0 Å². The van der Waals surface area contributed by atoms with Crippen molar-refractivity contribution >= 4 is 23.5 Å². The zero-order valence-corrected chi connectivity index (χ0v) is 17.1. The van der Waals surface area contributed by atoms with Crippen molar-refractivity contribution in [1.82, 2.24) is 9.78 Å². The molecule has 6 nitrogen and oxygen atoms in total. The van der Waals surface area contributed by atoms with E-state index in [-0.39, 0.29) is 18.0 Å². The SMILES string of the molecule is CCc1ccc(-n2nc(C)c3c2NC(=O)CSC3c2ccc3c(c2)OCO3)cc1. The van der Waals surface area contributed by atoms with Crippen LogP contribution >= 0.6 is 11.8 Å². The molecule has 5 rings (SSSR count). The molecule has 1 atom stereocenters. The van der Waals surface area contributed by atoms with E-state index in [1.165, 1.54) is 5.56 Å². The van der Waals surface area contributed by atoms with Gasteiger partial charge in [-0.15, -0.1) is 11.8 Å². The molecule has 3 aromatic rings. The highest BCUT2D eigenvalue weighted by atomic mass is 32.2. The van der Waals surface area contributed by atoms with E-state index in [9.17, 15) is 4.79 Å². The van der Waals surface area contributed by atoms with Crippen molar-refractivity contribution in [3.63, 3.8) is 0 Å². The first-order valence-corrected chi connectivity index (χ1v) is 10.7. The van der Waals surface area contributed by atoms with E-state index < -0.39 is 0 Å². The summed E-state index contributed by atoms with van der Waals surface area (Å²) in [6.07, 6.45) is 0.982. The molecule has 0 saturated heterocycles. The van der Waals surface area contributed by atoms with Gasteiger partial charge in [0.1, 0.15) is 5.82 Å². The van der Waals surface area contributed by atoms with Crippen molar-refractivity contribution in [2.24, 2.45) is 0 Å². The molecule has 0 spiro atoms. The number of amides is 1. The molecule has 0 saturated carbocycles. The summed E-state index contributed by atoms with van der Waals surface area (Å²) in [4.78, 5) is 12.5. The number of hydrogen-bond acceptors (Lipinski definition) is 5. The van der Waals surface area contributed by atoms with E-state index in [0.717, 1.165) is 46.2 Å². The van der Waals surface area contributed by atoms with Gasteiger partial charge in [0, 0.05) is 5.56 Å². The molecule has 2 aromatic carbocycles. The number of hydrogen-bond donors (Lipinski definition) is 1. The van der Waals surface area contributed by atoms with Crippen LogP contribution in [-0.4, -0.2) is 28.2 Å². The Morgan fingerprint density at radius 2 is 1.97 bits per heavy atom. The summed E-state index contributed by atoms with van der Waals surface area (Å²) < 4.78 is 12.8. The number of thioether (sulfide) groups is 1. The van der Waals surface area contributed by atoms with E-state index in [0.29, 0.717) is 5.75 Å². The smallest absolute Gasteiger partial charge is 0.235 e. The van der Waals surface area contributed by atoms with Gasteiger partial charge in [-0.1, -0.05) is 25.1 Å². The third kappa shape index (κ3) is 3.15. The second-order valence-corrected chi connectivity index (χ2v) is 8.22. The van der Waals surface area contributed by atoms with Crippen LogP contribution in [0.25, 0.3) is 5.69 Å². The molecular formula is C22H21N3O3S. The van der Waals surface area contributed by atoms with Crippen LogP contribution < -0.4 is 14.8 Å². The number of fused-ring (bicyclic) bond motifs is 2. The summed E-state index contributed by atoms with van der Waals surface area (Å²) in [5.74, 6) is 2.59. The first-order valence-electron chi connectivity index (χ1n) is 9.64. The molecule has 0 bridgehead atoms. The molecule has 29 heavy (non-hydrogen) atoms. The van der Waals surface area contributed by atoms with Crippen molar-refractivity contribution in [1.29, 1.82) is 0 Å². The zero-order valence-electron chi connectivity index (χ0n) is 16.3. The summed E-state index contributed by atoms with van der Waals surface area (Å²) in [5.41, 5.74) is 5.20. The Morgan fingerprint density at radius 3 is 2.76 bits per heavy atom. The van der Waals surface area contributed by atoms with Crippen molar-refractivity contribution in [2.45, 2.75) is 25.5 Å². The quantitative estimate of drug-likeness (QED) is 0.703. The molecule has 2 aliphatic heterocycles. The maximum absolute atomic E-state index is 12.5. The highest BCUT2D eigenvalue weighted by Crippen LogP contribution is 2.46. The number of aromatic nitrogens is 2. The highest BCUT2D eigenvalue weighted by molar-refractivity contribution is 8.00. The Labute approximate surface area is 173 Å². The molecule has 3 heterocycles. The number of aryl methyl sites for hydroxylation is 2. The molecule has 1 amide bonds. The van der Waals surface area contributed by atoms with Crippen LogP contribution in [0.2, 0.25) is 0 Å². The Balaban J connectivity index is 1.62. The van der Waals surface area contributed by atoms with Gasteiger partial charge in [0.05, 0.1) is 22.4 Å². The first-order chi connectivity index (χ1) is 14.1. The van der Waals surface area contributed by atoms with Gasteiger partial charge in [0.25, 0.3) is 0 Å². The third-order valence-electron chi connectivity index (χ3n) is 5.30. The predicted molar refractivity (Wildman–Crippen MR) is 113 cm³/mol. The fourth-order valence-corrected chi connectivity index (χ4v) is 4.96. The third-order valence-corrected chi connectivity index (χ3v) is 6.57. The lowest BCUT2D eigenvalue weighted by molar-refractivity contribution is -0.113. The van der Waals surface area contributed by atoms with E-state index in [4.69, 9.17) is 14.6 Å². The fraction of sp³-hybridized carbons (Fsp3) is 0.273. The lowest BCUT2D eigenvalue weighted by Crippen LogP contribution is -2.15. The summed E-state index contributed by atoms with van der Waals surface area (Å²) >= 11 is 1.60. The van der Waals surface area contributed by atoms with Gasteiger partial charge in [0.2, 0.25) is 12.7 Å². The molecule has 1 aromatic heterocycles. The van der Waals surface area contributed by atoms with E-state index in [1.54, 1.807) is 11.8 Å². The maximum Gasteiger partial charge on any atom is 0.235 e. The van der Waals surface area contributed by atoms with Crippen LogP contribution in [0, 0.1) is 6.92 Å². The van der Waals surface area contributed by atoms with Gasteiger partial charge in [0.15, 0.2) is 11.5 Å². The van der Waals surface area contributed by atoms with Crippen molar-refractivity contribution < 1.29 is 14.3 Å². The van der Waals surface area contributed by atoms with Gasteiger partial charge in [-0.2, -0.15) is 5.10 Å². The average Bonchev–Trinajstić information content (AvgIpc) is 3.28. The molecule has 0 fully saturated rings. The largest absolute Gasteiger partial charge is 0.454 e. The lowest BCUT2D eigenvalue weighted by Gasteiger charge is -2.16. The molecule has 2 aliphatic rings. The number of rotatable bonds is 3. The second-order valence-electron chi connectivity index (χ2n) is 7.13. The number of carbonyl (C=O) groups is 1. The normalized spacial score (nSPS) is 17.6. The zero-order chi connectivity index (χ0) is 20.0. The van der Waals surface area contributed by atoms with Gasteiger partial charge in [-0.3, -0.25) is 4.79 Å². The van der Waals surface area contributed by atoms with Crippen LogP contribution in [0.4, 0.5) is 5.82 Å². The summed E-state index contributed by atoms with van der Waals surface area (Å²) in [6, 6.07) is 14.3. The Bertz CT molecular complexity index is 1090. The topological polar surface area (TPSA) is 65.4 Å². The second kappa shape index (κ2) is 7.15. The van der Waals surface area contributed by atoms with Crippen LogP contribution in [0.1, 0.15) is 34.6 Å². The van der Waals surface area contributed by atoms with Crippen LogP contribution in [0.15, 0.2) is 42.5 Å². The maximum atomic E-state index is 12.5. The molecule has 7 heteroatoms.